The van der Waals surface area contributed by atoms with Crippen molar-refractivity contribution in [2.75, 3.05) is 13.7 Å². The Morgan fingerprint density at radius 3 is 2.08 bits per heavy atom. The van der Waals surface area contributed by atoms with Crippen LogP contribution < -0.4 is 9.47 Å². The minimum Gasteiger partial charge on any atom is -0.495 e. The zero-order valence-electron chi connectivity index (χ0n) is 21.1. The van der Waals surface area contributed by atoms with E-state index in [4.69, 9.17) is 9.47 Å². The molecular weight excluding hydrogens is 447 g/mol. The standard InChI is InChI=1S/C33H31FO2/c1-4-21-36-31-19-11-26(12-20-31)10-18-30-22-32(34)29(23-33(30)35-3)17-9-25-7-15-28(16-8-25)27-13-5-24(2)6-14-27/h5-8,11-16,19-20,22-23H,4,9,17,21H2,1-3H3. The topological polar surface area (TPSA) is 18.5 Å². The zero-order chi connectivity index (χ0) is 25.3. The molecule has 2 nitrogen and oxygen atoms in total. The Hall–Kier alpha value is -4.03. The van der Waals surface area contributed by atoms with Crippen LogP contribution in [0.15, 0.2) is 84.9 Å². The Balaban J connectivity index is 1.43. The van der Waals surface area contributed by atoms with Gasteiger partial charge in [0.1, 0.15) is 17.3 Å². The molecule has 0 atom stereocenters. The lowest BCUT2D eigenvalue weighted by Gasteiger charge is -2.10. The third-order valence-corrected chi connectivity index (χ3v) is 6.06. The lowest BCUT2D eigenvalue weighted by atomic mass is 9.99. The van der Waals surface area contributed by atoms with Gasteiger partial charge in [0.2, 0.25) is 0 Å². The first-order chi connectivity index (χ1) is 17.6. The molecule has 4 aromatic rings. The molecule has 0 bridgehead atoms. The summed E-state index contributed by atoms with van der Waals surface area (Å²) in [6, 6.07) is 27.8. The molecule has 0 aliphatic carbocycles. The van der Waals surface area contributed by atoms with Crippen LogP contribution in [0.5, 0.6) is 11.5 Å². The molecule has 0 fully saturated rings. The summed E-state index contributed by atoms with van der Waals surface area (Å²) in [5.41, 5.74) is 6.78. The minimum absolute atomic E-state index is 0.264. The summed E-state index contributed by atoms with van der Waals surface area (Å²) < 4.78 is 26.1. The maximum Gasteiger partial charge on any atom is 0.134 e. The number of rotatable bonds is 8. The number of ether oxygens (including phenoxy) is 2. The van der Waals surface area contributed by atoms with Crippen molar-refractivity contribution in [1.29, 1.82) is 0 Å². The summed E-state index contributed by atoms with van der Waals surface area (Å²) in [6.07, 6.45) is 2.29. The Morgan fingerprint density at radius 2 is 1.44 bits per heavy atom. The van der Waals surface area contributed by atoms with E-state index in [0.717, 1.165) is 24.2 Å². The fourth-order valence-corrected chi connectivity index (χ4v) is 3.94. The predicted octanol–water partition coefficient (Wildman–Crippen LogP) is 7.78. The molecule has 0 saturated heterocycles. The van der Waals surface area contributed by atoms with E-state index in [0.29, 0.717) is 29.9 Å². The van der Waals surface area contributed by atoms with Crippen LogP contribution in [-0.4, -0.2) is 13.7 Å². The highest BCUT2D eigenvalue weighted by Gasteiger charge is 2.10. The van der Waals surface area contributed by atoms with Crippen LogP contribution >= 0.6 is 0 Å². The van der Waals surface area contributed by atoms with E-state index in [1.807, 2.05) is 24.3 Å². The molecule has 4 rings (SSSR count). The quantitative estimate of drug-likeness (QED) is 0.241. The van der Waals surface area contributed by atoms with E-state index < -0.39 is 0 Å². The Morgan fingerprint density at radius 1 is 0.778 bits per heavy atom. The van der Waals surface area contributed by atoms with Gasteiger partial charge in [-0.2, -0.15) is 0 Å². The van der Waals surface area contributed by atoms with Crippen molar-refractivity contribution < 1.29 is 13.9 Å². The number of halogens is 1. The van der Waals surface area contributed by atoms with Crippen LogP contribution in [0.2, 0.25) is 0 Å². The van der Waals surface area contributed by atoms with Crippen molar-refractivity contribution >= 4 is 0 Å². The third-order valence-electron chi connectivity index (χ3n) is 6.06. The maximum atomic E-state index is 14.9. The highest BCUT2D eigenvalue weighted by atomic mass is 19.1. The number of aryl methyl sites for hydroxylation is 3. The molecule has 36 heavy (non-hydrogen) atoms. The fraction of sp³-hybridized carbons (Fsp3) is 0.212. The van der Waals surface area contributed by atoms with Crippen LogP contribution in [0, 0.1) is 24.6 Å². The molecule has 0 unspecified atom stereocenters. The van der Waals surface area contributed by atoms with E-state index in [1.54, 1.807) is 13.2 Å². The van der Waals surface area contributed by atoms with E-state index in [2.05, 4.69) is 74.2 Å². The van der Waals surface area contributed by atoms with Gasteiger partial charge in [0, 0.05) is 5.56 Å². The van der Waals surface area contributed by atoms with Crippen molar-refractivity contribution in [2.24, 2.45) is 0 Å². The summed E-state index contributed by atoms with van der Waals surface area (Å²) in [6.45, 7) is 4.84. The van der Waals surface area contributed by atoms with Crippen LogP contribution in [0.1, 0.15) is 41.2 Å². The number of hydrogen-bond acceptors (Lipinski definition) is 2. The van der Waals surface area contributed by atoms with Gasteiger partial charge >= 0.3 is 0 Å². The normalized spacial score (nSPS) is 10.4. The lowest BCUT2D eigenvalue weighted by molar-refractivity contribution is 0.317. The monoisotopic (exact) mass is 478 g/mol. The van der Waals surface area contributed by atoms with Crippen LogP contribution in [0.25, 0.3) is 11.1 Å². The summed E-state index contributed by atoms with van der Waals surface area (Å²) in [4.78, 5) is 0. The SMILES string of the molecule is CCCOc1ccc(C#Cc2cc(F)c(CCc3ccc(-c4ccc(C)cc4)cc3)cc2OC)cc1. The van der Waals surface area contributed by atoms with Crippen molar-refractivity contribution in [3.8, 4) is 34.5 Å². The van der Waals surface area contributed by atoms with E-state index >= 15 is 0 Å². The van der Waals surface area contributed by atoms with Gasteiger partial charge in [-0.3, -0.25) is 0 Å². The smallest absolute Gasteiger partial charge is 0.134 e. The largest absolute Gasteiger partial charge is 0.495 e. The second kappa shape index (κ2) is 12.1. The van der Waals surface area contributed by atoms with Crippen molar-refractivity contribution in [1.82, 2.24) is 0 Å². The van der Waals surface area contributed by atoms with E-state index in [1.165, 1.54) is 28.3 Å². The molecule has 0 spiro atoms. The molecular formula is C33H31FO2. The maximum absolute atomic E-state index is 14.9. The van der Waals surface area contributed by atoms with Crippen LogP contribution in [0.3, 0.4) is 0 Å². The number of hydrogen-bond donors (Lipinski definition) is 0. The molecule has 0 amide bonds. The highest BCUT2D eigenvalue weighted by molar-refractivity contribution is 5.64. The zero-order valence-corrected chi connectivity index (χ0v) is 21.1. The summed E-state index contributed by atoms with van der Waals surface area (Å²) >= 11 is 0. The van der Waals surface area contributed by atoms with E-state index in [-0.39, 0.29) is 5.82 Å². The number of methoxy groups -OCH3 is 1. The third kappa shape index (κ3) is 6.55. The Kier molecular flexibility index (Phi) is 8.42. The summed E-state index contributed by atoms with van der Waals surface area (Å²) in [5.74, 6) is 7.28. The second-order valence-electron chi connectivity index (χ2n) is 8.83. The van der Waals surface area contributed by atoms with Gasteiger partial charge in [0.15, 0.2) is 0 Å². The van der Waals surface area contributed by atoms with Crippen LogP contribution in [0.4, 0.5) is 4.39 Å². The fourth-order valence-electron chi connectivity index (χ4n) is 3.94. The highest BCUT2D eigenvalue weighted by Crippen LogP contribution is 2.25. The van der Waals surface area contributed by atoms with Gasteiger partial charge in [-0.1, -0.05) is 72.9 Å². The molecule has 0 aliphatic rings. The van der Waals surface area contributed by atoms with Gasteiger partial charge in [-0.05, 0) is 84.8 Å². The van der Waals surface area contributed by atoms with Crippen molar-refractivity contribution in [3.05, 3.63) is 119 Å². The molecule has 3 heteroatoms. The lowest BCUT2D eigenvalue weighted by Crippen LogP contribution is -1.99. The van der Waals surface area contributed by atoms with Gasteiger partial charge in [0.25, 0.3) is 0 Å². The molecule has 4 aromatic carbocycles. The first-order valence-corrected chi connectivity index (χ1v) is 12.3. The average Bonchev–Trinajstić information content (AvgIpc) is 2.91. The van der Waals surface area contributed by atoms with Crippen molar-refractivity contribution in [3.63, 3.8) is 0 Å². The Bertz CT molecular complexity index is 1340. The van der Waals surface area contributed by atoms with Gasteiger partial charge in [0.05, 0.1) is 19.3 Å². The second-order valence-corrected chi connectivity index (χ2v) is 8.83. The molecule has 0 aliphatic heterocycles. The molecule has 0 heterocycles. The van der Waals surface area contributed by atoms with Gasteiger partial charge in [-0.15, -0.1) is 0 Å². The molecule has 0 saturated carbocycles. The molecule has 0 radical (unpaired) electrons. The predicted molar refractivity (Wildman–Crippen MR) is 145 cm³/mol. The molecule has 182 valence electrons. The summed E-state index contributed by atoms with van der Waals surface area (Å²) in [7, 11) is 1.59. The number of benzene rings is 4. The average molecular weight is 479 g/mol. The molecule has 0 aromatic heterocycles. The first-order valence-electron chi connectivity index (χ1n) is 12.3. The van der Waals surface area contributed by atoms with Crippen LogP contribution in [-0.2, 0) is 12.8 Å². The summed E-state index contributed by atoms with van der Waals surface area (Å²) in [5, 5.41) is 0. The molecule has 0 N–H and O–H groups in total. The van der Waals surface area contributed by atoms with Crippen molar-refractivity contribution in [2.45, 2.75) is 33.1 Å². The van der Waals surface area contributed by atoms with Gasteiger partial charge < -0.3 is 9.47 Å². The first kappa shape index (κ1) is 25.1. The minimum atomic E-state index is -0.264. The van der Waals surface area contributed by atoms with E-state index in [9.17, 15) is 4.39 Å². The Labute approximate surface area is 213 Å². The van der Waals surface area contributed by atoms with Gasteiger partial charge in [-0.25, -0.2) is 4.39 Å².